The smallest absolute Gasteiger partial charge is 0.244 e. The third-order valence-electron chi connectivity index (χ3n) is 4.35. The van der Waals surface area contributed by atoms with Crippen molar-refractivity contribution < 1.29 is 4.79 Å². The number of amides is 1. The van der Waals surface area contributed by atoms with Gasteiger partial charge in [0.05, 0.1) is 10.2 Å². The quantitative estimate of drug-likeness (QED) is 0.721. The zero-order chi connectivity index (χ0) is 18.0. The summed E-state index contributed by atoms with van der Waals surface area (Å²) >= 11 is 15.9. The maximum absolute atomic E-state index is 12.5. The van der Waals surface area contributed by atoms with E-state index in [-0.39, 0.29) is 12.5 Å². The van der Waals surface area contributed by atoms with Gasteiger partial charge in [-0.15, -0.1) is 0 Å². The summed E-state index contributed by atoms with van der Waals surface area (Å²) in [7, 11) is 0. The molecule has 0 unspecified atom stereocenters. The van der Waals surface area contributed by atoms with Crippen molar-refractivity contribution in [2.24, 2.45) is 0 Å². The summed E-state index contributed by atoms with van der Waals surface area (Å²) in [5, 5.41) is 5.69. The number of aryl methyl sites for hydroxylation is 1. The van der Waals surface area contributed by atoms with E-state index in [1.165, 1.54) is 0 Å². The van der Waals surface area contributed by atoms with Gasteiger partial charge in [0.25, 0.3) is 0 Å². The summed E-state index contributed by atoms with van der Waals surface area (Å²) in [6.45, 7) is 5.87. The van der Waals surface area contributed by atoms with Gasteiger partial charge in [0.2, 0.25) is 5.91 Å². The van der Waals surface area contributed by atoms with Crippen LogP contribution in [-0.4, -0.2) is 51.7 Å². The lowest BCUT2D eigenvalue weighted by atomic mass is 10.2. The first-order valence-electron chi connectivity index (χ1n) is 8.06. The molecule has 0 radical (unpaired) electrons. The zero-order valence-electron chi connectivity index (χ0n) is 13.9. The van der Waals surface area contributed by atoms with Crippen molar-refractivity contribution in [3.8, 4) is 0 Å². The van der Waals surface area contributed by atoms with Crippen molar-refractivity contribution in [1.82, 2.24) is 19.6 Å². The highest BCUT2D eigenvalue weighted by Crippen LogP contribution is 2.26. The van der Waals surface area contributed by atoms with Crippen LogP contribution < -0.4 is 0 Å². The molecule has 8 heteroatoms. The summed E-state index contributed by atoms with van der Waals surface area (Å²) in [5.41, 5.74) is 1.83. The van der Waals surface area contributed by atoms with Crippen molar-refractivity contribution in [2.45, 2.75) is 20.0 Å². The number of hydrogen-bond acceptors (Lipinski definition) is 3. The largest absolute Gasteiger partial charge is 0.339 e. The summed E-state index contributed by atoms with van der Waals surface area (Å²) in [6.07, 6.45) is 1.84. The summed E-state index contributed by atoms with van der Waals surface area (Å²) in [6, 6.07) is 5.56. The van der Waals surface area contributed by atoms with Crippen molar-refractivity contribution in [3.63, 3.8) is 0 Å². The van der Waals surface area contributed by atoms with E-state index < -0.39 is 0 Å². The molecule has 134 valence electrons. The Morgan fingerprint density at radius 1 is 1.20 bits per heavy atom. The van der Waals surface area contributed by atoms with Crippen LogP contribution in [0.25, 0.3) is 0 Å². The normalized spacial score (nSPS) is 15.6. The number of halogens is 3. The Hall–Kier alpha value is -1.08. The fourth-order valence-electron chi connectivity index (χ4n) is 2.88. The number of aromatic nitrogens is 2. The minimum absolute atomic E-state index is 0.0884. The van der Waals surface area contributed by atoms with Gasteiger partial charge in [-0.1, -0.05) is 29.3 Å². The Kier molecular flexibility index (Phi) is 6.04. The molecule has 0 N–H and O–H groups in total. The van der Waals surface area contributed by atoms with E-state index in [1.54, 1.807) is 4.68 Å². The first-order valence-corrected chi connectivity index (χ1v) is 9.61. The van der Waals surface area contributed by atoms with Gasteiger partial charge < -0.3 is 4.90 Å². The van der Waals surface area contributed by atoms with Crippen LogP contribution in [0.2, 0.25) is 10.0 Å². The molecule has 1 aromatic heterocycles. The Morgan fingerprint density at radius 3 is 2.40 bits per heavy atom. The van der Waals surface area contributed by atoms with Crippen molar-refractivity contribution in [1.29, 1.82) is 0 Å². The molecule has 25 heavy (non-hydrogen) atoms. The molecule has 1 aliphatic heterocycles. The topological polar surface area (TPSA) is 41.4 Å². The Morgan fingerprint density at radius 2 is 1.84 bits per heavy atom. The summed E-state index contributed by atoms with van der Waals surface area (Å²) in [4.78, 5) is 16.6. The SMILES string of the molecule is Cc1nn(CC(=O)N2CCN(Cc3c(Cl)cccc3Cl)CC2)cc1Br. The molecular weight excluding hydrogens is 427 g/mol. The number of hydrogen-bond donors (Lipinski definition) is 0. The van der Waals surface area contributed by atoms with Crippen LogP contribution in [0.1, 0.15) is 11.3 Å². The van der Waals surface area contributed by atoms with Gasteiger partial charge in [0, 0.05) is 54.5 Å². The molecule has 1 aromatic carbocycles. The highest BCUT2D eigenvalue weighted by Gasteiger charge is 2.22. The lowest BCUT2D eigenvalue weighted by molar-refractivity contribution is -0.133. The lowest BCUT2D eigenvalue weighted by Crippen LogP contribution is -2.49. The zero-order valence-corrected chi connectivity index (χ0v) is 17.0. The molecule has 1 amide bonds. The van der Waals surface area contributed by atoms with Crippen molar-refractivity contribution in [2.75, 3.05) is 26.2 Å². The van der Waals surface area contributed by atoms with Gasteiger partial charge >= 0.3 is 0 Å². The van der Waals surface area contributed by atoms with Crippen LogP contribution in [0.4, 0.5) is 0 Å². The van der Waals surface area contributed by atoms with Crippen LogP contribution in [-0.2, 0) is 17.9 Å². The predicted molar refractivity (Wildman–Crippen MR) is 103 cm³/mol. The molecule has 1 saturated heterocycles. The number of carbonyl (C=O) groups excluding carboxylic acids is 1. The average molecular weight is 446 g/mol. The Balaban J connectivity index is 1.54. The molecule has 5 nitrogen and oxygen atoms in total. The average Bonchev–Trinajstić information content (AvgIpc) is 2.89. The van der Waals surface area contributed by atoms with Crippen LogP contribution >= 0.6 is 39.1 Å². The molecule has 2 aromatic rings. The first kappa shape index (κ1) is 18.7. The number of benzene rings is 1. The second-order valence-electron chi connectivity index (χ2n) is 6.12. The van der Waals surface area contributed by atoms with E-state index in [4.69, 9.17) is 23.2 Å². The Labute approximate surface area is 165 Å². The number of piperazine rings is 1. The molecule has 1 fully saturated rings. The molecule has 0 bridgehead atoms. The highest BCUT2D eigenvalue weighted by atomic mass is 79.9. The maximum Gasteiger partial charge on any atom is 0.244 e. The molecule has 0 atom stereocenters. The van der Waals surface area contributed by atoms with Crippen molar-refractivity contribution >= 4 is 45.0 Å². The molecule has 3 rings (SSSR count). The molecule has 0 saturated carbocycles. The first-order chi connectivity index (χ1) is 11.9. The summed E-state index contributed by atoms with van der Waals surface area (Å²) in [5.74, 6) is 0.0884. The maximum atomic E-state index is 12.5. The van der Waals surface area contributed by atoms with E-state index in [0.29, 0.717) is 29.7 Å². The lowest BCUT2D eigenvalue weighted by Gasteiger charge is -2.35. The number of rotatable bonds is 4. The van der Waals surface area contributed by atoms with Crippen LogP contribution in [0.5, 0.6) is 0 Å². The van der Waals surface area contributed by atoms with E-state index in [2.05, 4.69) is 25.9 Å². The van der Waals surface area contributed by atoms with Crippen molar-refractivity contribution in [3.05, 3.63) is 50.2 Å². The van der Waals surface area contributed by atoms with Gasteiger partial charge in [-0.3, -0.25) is 14.4 Å². The number of carbonyl (C=O) groups is 1. The fraction of sp³-hybridized carbons (Fsp3) is 0.412. The summed E-state index contributed by atoms with van der Waals surface area (Å²) < 4.78 is 2.60. The van der Waals surface area contributed by atoms with E-state index in [1.807, 2.05) is 36.2 Å². The predicted octanol–water partition coefficient (Wildman–Crippen LogP) is 3.61. The molecule has 0 aliphatic carbocycles. The molecule has 0 spiro atoms. The van der Waals surface area contributed by atoms with Gasteiger partial charge in [0.15, 0.2) is 0 Å². The van der Waals surface area contributed by atoms with E-state index >= 15 is 0 Å². The minimum Gasteiger partial charge on any atom is -0.339 e. The van der Waals surface area contributed by atoms with Gasteiger partial charge in [0.1, 0.15) is 6.54 Å². The minimum atomic E-state index is 0.0884. The van der Waals surface area contributed by atoms with Crippen LogP contribution in [0.3, 0.4) is 0 Å². The van der Waals surface area contributed by atoms with Gasteiger partial charge in [-0.25, -0.2) is 0 Å². The fourth-order valence-corrected chi connectivity index (χ4v) is 3.71. The van der Waals surface area contributed by atoms with Crippen LogP contribution in [0.15, 0.2) is 28.9 Å². The standard InChI is InChI=1S/C17H19BrCl2N4O/c1-12-14(18)10-24(21-12)11-17(25)23-7-5-22(6-8-23)9-13-15(19)3-2-4-16(13)20/h2-4,10H,5-9,11H2,1H3. The van der Waals surface area contributed by atoms with E-state index in [0.717, 1.165) is 28.8 Å². The molecular formula is C17H19BrCl2N4O. The Bertz CT molecular complexity index is 732. The third-order valence-corrected chi connectivity index (χ3v) is 5.84. The molecule has 2 heterocycles. The van der Waals surface area contributed by atoms with Crippen LogP contribution in [0, 0.1) is 6.92 Å². The monoisotopic (exact) mass is 444 g/mol. The van der Waals surface area contributed by atoms with Gasteiger partial charge in [-0.2, -0.15) is 5.10 Å². The second kappa shape index (κ2) is 8.08. The molecule has 1 aliphatic rings. The van der Waals surface area contributed by atoms with E-state index in [9.17, 15) is 4.79 Å². The highest BCUT2D eigenvalue weighted by molar-refractivity contribution is 9.10. The number of nitrogens with zero attached hydrogens (tertiary/aromatic N) is 4. The second-order valence-corrected chi connectivity index (χ2v) is 7.79. The third kappa shape index (κ3) is 4.56. The van der Waals surface area contributed by atoms with Gasteiger partial charge in [-0.05, 0) is 35.0 Å².